The van der Waals surface area contributed by atoms with E-state index in [1.165, 1.54) is 30.6 Å². The lowest BCUT2D eigenvalue weighted by atomic mass is 10.0. The highest BCUT2D eigenvalue weighted by Gasteiger charge is 2.39. The van der Waals surface area contributed by atoms with Crippen LogP contribution in [0.5, 0.6) is 0 Å². The Kier molecular flexibility index (Phi) is 20.0. The molecule has 43 heavy (non-hydrogen) atoms. The monoisotopic (exact) mass is 613 g/mol. The number of unbranched alkanes of at least 4 members (excludes halogenated alkanes) is 10. The van der Waals surface area contributed by atoms with Crippen molar-refractivity contribution in [2.24, 2.45) is 5.92 Å². The van der Waals surface area contributed by atoms with E-state index < -0.39 is 41.7 Å². The van der Waals surface area contributed by atoms with Gasteiger partial charge in [-0.1, -0.05) is 78.1 Å². The number of carbonyl (C=O) groups is 4. The predicted octanol–water partition coefficient (Wildman–Crippen LogP) is 6.49. The number of nitrogens with zero attached hydrogens (tertiary/aromatic N) is 1. The number of ether oxygens (including phenoxy) is 4. The van der Waals surface area contributed by atoms with Gasteiger partial charge in [-0.2, -0.15) is 0 Å². The fourth-order valence-corrected chi connectivity index (χ4v) is 5.03. The van der Waals surface area contributed by atoms with Gasteiger partial charge in [0.25, 0.3) is 0 Å². The molecule has 1 aliphatic heterocycles. The van der Waals surface area contributed by atoms with Crippen molar-refractivity contribution >= 4 is 24.0 Å². The van der Waals surface area contributed by atoms with Crippen LogP contribution < -0.4 is 0 Å². The van der Waals surface area contributed by atoms with Crippen molar-refractivity contribution in [3.05, 3.63) is 0 Å². The summed E-state index contributed by atoms with van der Waals surface area (Å²) in [5.74, 6) is -1.93. The lowest BCUT2D eigenvalue weighted by molar-refractivity contribution is -0.155. The summed E-state index contributed by atoms with van der Waals surface area (Å²) in [6, 6.07) is -0.525. The highest BCUT2D eigenvalue weighted by atomic mass is 16.6. The summed E-state index contributed by atoms with van der Waals surface area (Å²) in [7, 11) is 0. The van der Waals surface area contributed by atoms with E-state index >= 15 is 0 Å². The zero-order valence-corrected chi connectivity index (χ0v) is 27.5. The van der Waals surface area contributed by atoms with Gasteiger partial charge in [-0.15, -0.1) is 0 Å². The minimum Gasteiger partial charge on any atom is -0.466 e. The summed E-state index contributed by atoms with van der Waals surface area (Å²) in [6.07, 6.45) is 11.9. The summed E-state index contributed by atoms with van der Waals surface area (Å²) in [5, 5.41) is 9.77. The molecule has 1 N–H and O–H groups in total. The van der Waals surface area contributed by atoms with E-state index in [1.54, 1.807) is 20.8 Å². The van der Waals surface area contributed by atoms with Crippen LogP contribution in [0.1, 0.15) is 137 Å². The molecular formula is C33H59NO9. The number of carbonyl (C=O) groups excluding carboxylic acids is 4. The second kappa shape index (κ2) is 22.2. The number of amides is 1. The molecule has 1 amide bonds. The molecule has 0 aliphatic carbocycles. The van der Waals surface area contributed by atoms with Gasteiger partial charge in [-0.25, -0.2) is 4.79 Å². The largest absolute Gasteiger partial charge is 0.466 e. The van der Waals surface area contributed by atoms with Gasteiger partial charge < -0.3 is 24.1 Å². The van der Waals surface area contributed by atoms with Crippen molar-refractivity contribution in [1.82, 2.24) is 4.90 Å². The van der Waals surface area contributed by atoms with Gasteiger partial charge in [0.1, 0.15) is 11.7 Å². The van der Waals surface area contributed by atoms with Crippen LogP contribution in [0.2, 0.25) is 0 Å². The van der Waals surface area contributed by atoms with E-state index in [0.29, 0.717) is 13.0 Å². The fraction of sp³-hybridized carbons (Fsp3) is 0.879. The van der Waals surface area contributed by atoms with Crippen LogP contribution in [0.4, 0.5) is 4.79 Å². The molecule has 0 aromatic heterocycles. The van der Waals surface area contributed by atoms with Crippen LogP contribution >= 0.6 is 0 Å². The van der Waals surface area contributed by atoms with E-state index in [2.05, 4.69) is 13.8 Å². The van der Waals surface area contributed by atoms with Gasteiger partial charge >= 0.3 is 24.0 Å². The first-order chi connectivity index (χ1) is 20.5. The summed E-state index contributed by atoms with van der Waals surface area (Å²) in [6.45, 7) is 9.65. The van der Waals surface area contributed by atoms with Gasteiger partial charge in [0, 0.05) is 18.8 Å². The zero-order chi connectivity index (χ0) is 32.1. The van der Waals surface area contributed by atoms with E-state index in [1.807, 2.05) is 0 Å². The zero-order valence-electron chi connectivity index (χ0n) is 27.5. The smallest absolute Gasteiger partial charge is 0.410 e. The van der Waals surface area contributed by atoms with Crippen LogP contribution in [0.3, 0.4) is 0 Å². The molecule has 3 atom stereocenters. The third-order valence-corrected chi connectivity index (χ3v) is 7.40. The van der Waals surface area contributed by atoms with E-state index in [4.69, 9.17) is 18.9 Å². The number of aliphatic hydroxyl groups is 1. The third-order valence-electron chi connectivity index (χ3n) is 7.40. The molecule has 0 radical (unpaired) electrons. The van der Waals surface area contributed by atoms with E-state index in [0.717, 1.165) is 51.4 Å². The molecule has 1 saturated heterocycles. The third kappa shape index (κ3) is 18.8. The maximum absolute atomic E-state index is 12.9. The first-order valence-electron chi connectivity index (χ1n) is 16.6. The lowest BCUT2D eigenvalue weighted by Crippen LogP contribution is -2.41. The summed E-state index contributed by atoms with van der Waals surface area (Å²) in [4.78, 5) is 51.8. The van der Waals surface area contributed by atoms with Crippen molar-refractivity contribution < 1.29 is 43.2 Å². The second-order valence-electron chi connectivity index (χ2n) is 12.8. The molecule has 0 aromatic carbocycles. The van der Waals surface area contributed by atoms with Crippen LogP contribution in [-0.2, 0) is 33.3 Å². The van der Waals surface area contributed by atoms with Crippen LogP contribution in [-0.4, -0.2) is 78.1 Å². The molecule has 0 aromatic rings. The van der Waals surface area contributed by atoms with Crippen molar-refractivity contribution in [2.75, 3.05) is 26.4 Å². The number of esters is 3. The molecule has 250 valence electrons. The van der Waals surface area contributed by atoms with Crippen LogP contribution in [0, 0.1) is 5.92 Å². The summed E-state index contributed by atoms with van der Waals surface area (Å²) in [5.41, 5.74) is -0.699. The quantitative estimate of drug-likeness (QED) is 0.0827. The van der Waals surface area contributed by atoms with Gasteiger partial charge in [0.05, 0.1) is 45.2 Å². The maximum atomic E-state index is 12.9. The van der Waals surface area contributed by atoms with Gasteiger partial charge in [-0.3, -0.25) is 19.3 Å². The minimum atomic E-state index is -0.699. The molecular weight excluding hydrogens is 554 g/mol. The molecule has 0 saturated carbocycles. The second-order valence-corrected chi connectivity index (χ2v) is 12.8. The molecule has 1 heterocycles. The van der Waals surface area contributed by atoms with Crippen molar-refractivity contribution in [3.63, 3.8) is 0 Å². The fourth-order valence-electron chi connectivity index (χ4n) is 5.03. The highest BCUT2D eigenvalue weighted by Crippen LogP contribution is 2.24. The number of aliphatic hydroxyl groups excluding tert-OH is 1. The normalized spacial score (nSPS) is 17.4. The topological polar surface area (TPSA) is 129 Å². The Bertz CT molecular complexity index is 811. The molecule has 10 heteroatoms. The Morgan fingerprint density at radius 1 is 0.791 bits per heavy atom. The molecule has 0 spiro atoms. The van der Waals surface area contributed by atoms with Crippen molar-refractivity contribution in [1.29, 1.82) is 0 Å². The maximum Gasteiger partial charge on any atom is 0.410 e. The molecule has 10 nitrogen and oxygen atoms in total. The number of likely N-dealkylation sites (tertiary alicyclic amines) is 1. The number of hydrogen-bond donors (Lipinski definition) is 1. The average molecular weight is 614 g/mol. The average Bonchev–Trinajstić information content (AvgIpc) is 3.35. The Labute approximate surface area is 259 Å². The van der Waals surface area contributed by atoms with Gasteiger partial charge in [0.15, 0.2) is 0 Å². The Balaban J connectivity index is 2.63. The van der Waals surface area contributed by atoms with Crippen molar-refractivity contribution in [2.45, 2.75) is 155 Å². The van der Waals surface area contributed by atoms with Crippen LogP contribution in [0.25, 0.3) is 0 Å². The molecule has 1 rings (SSSR count). The molecule has 0 bridgehead atoms. The highest BCUT2D eigenvalue weighted by molar-refractivity contribution is 5.74. The predicted molar refractivity (Wildman–Crippen MR) is 164 cm³/mol. The first-order valence-corrected chi connectivity index (χ1v) is 16.6. The lowest BCUT2D eigenvalue weighted by Gasteiger charge is -2.27. The summed E-state index contributed by atoms with van der Waals surface area (Å²) < 4.78 is 21.9. The van der Waals surface area contributed by atoms with Crippen LogP contribution in [0.15, 0.2) is 0 Å². The Hall–Kier alpha value is -2.36. The van der Waals surface area contributed by atoms with E-state index in [-0.39, 0.29) is 45.0 Å². The number of rotatable bonds is 22. The molecule has 1 aliphatic rings. The molecule has 1 unspecified atom stereocenters. The molecule has 1 fully saturated rings. The van der Waals surface area contributed by atoms with Crippen molar-refractivity contribution in [3.8, 4) is 0 Å². The minimum absolute atomic E-state index is 0.0663. The summed E-state index contributed by atoms with van der Waals surface area (Å²) >= 11 is 0. The SMILES string of the molecule is CCCCCCCCOC(=O)CC(COC(=O)CCCCCCCC)CC(=O)O[C@@H]1C[C@@H](CO)N(C(=O)OC(C)(C)C)C1. The first kappa shape index (κ1) is 38.7. The standard InChI is InChI=1S/C33H59NO9/c1-6-8-10-12-14-16-18-29(36)41-25-26(20-30(37)40-19-17-15-13-11-9-7-2)21-31(38)42-28-22-27(24-35)34(23-28)32(39)43-33(3,4)5/h26-28,35H,6-25H2,1-5H3/t26?,27-,28+/m0/s1. The number of hydrogen-bond acceptors (Lipinski definition) is 9. The Morgan fingerprint density at radius 2 is 1.37 bits per heavy atom. The van der Waals surface area contributed by atoms with Gasteiger partial charge in [-0.05, 0) is 33.6 Å². The van der Waals surface area contributed by atoms with Gasteiger partial charge in [0.2, 0.25) is 0 Å². The van der Waals surface area contributed by atoms with E-state index in [9.17, 15) is 24.3 Å². The Morgan fingerprint density at radius 3 is 1.98 bits per heavy atom.